The first-order chi connectivity index (χ1) is 15.1. The Hall–Kier alpha value is -3.12. The second-order valence-electron chi connectivity index (χ2n) is 11.1. The normalized spacial score (nSPS) is 12.7. The van der Waals surface area contributed by atoms with Crippen molar-refractivity contribution in [2.45, 2.75) is 52.4 Å². The van der Waals surface area contributed by atoms with Crippen molar-refractivity contribution in [3.63, 3.8) is 0 Å². The van der Waals surface area contributed by atoms with Gasteiger partial charge in [-0.15, -0.1) is 0 Å². The number of hydrogen-bond acceptors (Lipinski definition) is 0. The van der Waals surface area contributed by atoms with Crippen molar-refractivity contribution in [1.29, 1.82) is 0 Å². The van der Waals surface area contributed by atoms with Crippen molar-refractivity contribution < 1.29 is 0 Å². The van der Waals surface area contributed by atoms with Gasteiger partial charge in [-0.1, -0.05) is 114 Å². The summed E-state index contributed by atoms with van der Waals surface area (Å²) in [6.07, 6.45) is 0. The van der Waals surface area contributed by atoms with Crippen molar-refractivity contribution in [2.24, 2.45) is 0 Å². The molecule has 0 heterocycles. The predicted octanol–water partition coefficient (Wildman–Crippen LogP) is 9.26. The Bertz CT molecular complexity index is 1220. The minimum absolute atomic E-state index is 0.0939. The van der Waals surface area contributed by atoms with E-state index in [4.69, 9.17) is 0 Å². The fourth-order valence-electron chi connectivity index (χ4n) is 4.84. The highest BCUT2D eigenvalue weighted by Crippen LogP contribution is 2.49. The fourth-order valence-corrected chi connectivity index (χ4v) is 4.84. The van der Waals surface area contributed by atoms with Gasteiger partial charge in [0.1, 0.15) is 0 Å². The third kappa shape index (κ3) is 3.39. The maximum atomic E-state index is 2.44. The summed E-state index contributed by atoms with van der Waals surface area (Å²) in [6.45, 7) is 13.8. The highest BCUT2D eigenvalue weighted by molar-refractivity contribution is 6.03. The van der Waals surface area contributed by atoms with Crippen molar-refractivity contribution in [3.8, 4) is 44.5 Å². The van der Waals surface area contributed by atoms with Gasteiger partial charge in [-0.05, 0) is 78.6 Å². The molecule has 4 aromatic carbocycles. The summed E-state index contributed by atoms with van der Waals surface area (Å²) in [5, 5.41) is 0. The fraction of sp³-hybridized carbons (Fsp3) is 0.250. The van der Waals surface area contributed by atoms with Crippen LogP contribution in [0, 0.1) is 0 Å². The van der Waals surface area contributed by atoms with E-state index >= 15 is 0 Å². The molecule has 4 aromatic rings. The first kappa shape index (κ1) is 20.8. The van der Waals surface area contributed by atoms with Crippen LogP contribution in [0.2, 0.25) is 0 Å². The van der Waals surface area contributed by atoms with E-state index in [0.717, 1.165) is 0 Å². The molecule has 0 atom stereocenters. The van der Waals surface area contributed by atoms with Crippen LogP contribution in [0.15, 0.2) is 84.9 Å². The predicted molar refractivity (Wildman–Crippen MR) is 139 cm³/mol. The van der Waals surface area contributed by atoms with Crippen molar-refractivity contribution in [2.75, 3.05) is 0 Å². The Morgan fingerprint density at radius 3 is 0.906 bits per heavy atom. The molecule has 1 aliphatic carbocycles. The summed E-state index contributed by atoms with van der Waals surface area (Å²) in [6, 6.07) is 31.9. The zero-order valence-corrected chi connectivity index (χ0v) is 20.1. The molecule has 0 saturated heterocycles. The second kappa shape index (κ2) is 7.20. The average Bonchev–Trinajstić information content (AvgIpc) is 2.76. The highest BCUT2D eigenvalue weighted by atomic mass is 14.3. The standard InChI is InChI=1S/C32H32/c1-31(2,3)21-15-17-27-25-13-9-7-11-23(25)24-12-8-10-14-26(24)28-18-16-22(32(4,5)6)20-30(28)29(27)19-21/h7-20H,1-6H3. The molecule has 32 heavy (non-hydrogen) atoms. The highest BCUT2D eigenvalue weighted by Gasteiger charge is 2.25. The van der Waals surface area contributed by atoms with Crippen LogP contribution in [-0.2, 0) is 10.8 Å². The van der Waals surface area contributed by atoms with Crippen LogP contribution < -0.4 is 0 Å². The lowest BCUT2D eigenvalue weighted by molar-refractivity contribution is 0.589. The molecule has 0 amide bonds. The largest absolute Gasteiger partial charge is 0.0616 e. The molecule has 0 fully saturated rings. The maximum Gasteiger partial charge on any atom is -0.00959 e. The van der Waals surface area contributed by atoms with Crippen molar-refractivity contribution in [1.82, 2.24) is 0 Å². The van der Waals surface area contributed by atoms with Crippen LogP contribution in [0.5, 0.6) is 0 Å². The molecule has 0 bridgehead atoms. The molecule has 0 saturated carbocycles. The Kier molecular flexibility index (Phi) is 4.67. The lowest BCUT2D eigenvalue weighted by Crippen LogP contribution is -2.13. The third-order valence-electron chi connectivity index (χ3n) is 6.79. The second-order valence-corrected chi connectivity index (χ2v) is 11.1. The Labute approximate surface area is 193 Å². The van der Waals surface area contributed by atoms with Gasteiger partial charge in [0.25, 0.3) is 0 Å². The summed E-state index contributed by atoms with van der Waals surface area (Å²) in [5.74, 6) is 0. The smallest absolute Gasteiger partial charge is 0.00959 e. The zero-order chi connectivity index (χ0) is 22.7. The van der Waals surface area contributed by atoms with Crippen LogP contribution in [-0.4, -0.2) is 0 Å². The summed E-state index contributed by atoms with van der Waals surface area (Å²) >= 11 is 0. The molecule has 0 N–H and O–H groups in total. The summed E-state index contributed by atoms with van der Waals surface area (Å²) in [4.78, 5) is 0. The van der Waals surface area contributed by atoms with Gasteiger partial charge in [-0.2, -0.15) is 0 Å². The number of rotatable bonds is 0. The van der Waals surface area contributed by atoms with E-state index < -0.39 is 0 Å². The monoisotopic (exact) mass is 416 g/mol. The molecule has 0 nitrogen and oxygen atoms in total. The van der Waals surface area contributed by atoms with E-state index in [0.29, 0.717) is 0 Å². The topological polar surface area (TPSA) is 0 Å². The van der Waals surface area contributed by atoms with E-state index in [-0.39, 0.29) is 10.8 Å². The SMILES string of the molecule is CC(C)(C)c1ccc2c(c1)-c1cc(C(C)(C)C)ccc1-c1ccccc1-c1ccccc1-2. The Balaban J connectivity index is 1.95. The van der Waals surface area contributed by atoms with Gasteiger partial charge in [0.2, 0.25) is 0 Å². The molecule has 5 rings (SSSR count). The quantitative estimate of drug-likeness (QED) is 0.236. The zero-order valence-electron chi connectivity index (χ0n) is 20.1. The Morgan fingerprint density at radius 1 is 0.344 bits per heavy atom. The number of benzene rings is 4. The third-order valence-corrected chi connectivity index (χ3v) is 6.79. The maximum absolute atomic E-state index is 2.44. The Morgan fingerprint density at radius 2 is 0.625 bits per heavy atom. The van der Waals surface area contributed by atoms with Crippen LogP contribution in [0.25, 0.3) is 44.5 Å². The lowest BCUT2D eigenvalue weighted by Gasteiger charge is -2.28. The first-order valence-corrected chi connectivity index (χ1v) is 11.6. The molecule has 0 spiro atoms. The summed E-state index contributed by atoms with van der Waals surface area (Å²) in [5.41, 5.74) is 13.4. The minimum atomic E-state index is 0.0939. The van der Waals surface area contributed by atoms with Crippen LogP contribution in [0.3, 0.4) is 0 Å². The number of fused-ring (bicyclic) bond motifs is 8. The van der Waals surface area contributed by atoms with Crippen LogP contribution >= 0.6 is 0 Å². The van der Waals surface area contributed by atoms with Gasteiger partial charge in [0.05, 0.1) is 0 Å². The van der Waals surface area contributed by atoms with Gasteiger partial charge >= 0.3 is 0 Å². The van der Waals surface area contributed by atoms with Gasteiger partial charge in [-0.3, -0.25) is 0 Å². The van der Waals surface area contributed by atoms with Gasteiger partial charge in [-0.25, -0.2) is 0 Å². The molecule has 0 heteroatoms. The van der Waals surface area contributed by atoms with Gasteiger partial charge in [0.15, 0.2) is 0 Å². The van der Waals surface area contributed by atoms with E-state index in [2.05, 4.69) is 126 Å². The lowest BCUT2D eigenvalue weighted by atomic mass is 9.76. The summed E-state index contributed by atoms with van der Waals surface area (Å²) in [7, 11) is 0. The molecule has 0 unspecified atom stereocenters. The van der Waals surface area contributed by atoms with E-state index in [1.807, 2.05) is 0 Å². The average molecular weight is 417 g/mol. The molecular formula is C32H32. The molecule has 160 valence electrons. The molecule has 0 aromatic heterocycles. The van der Waals surface area contributed by atoms with E-state index in [9.17, 15) is 0 Å². The number of hydrogen-bond donors (Lipinski definition) is 0. The molecule has 1 aliphatic rings. The first-order valence-electron chi connectivity index (χ1n) is 11.6. The van der Waals surface area contributed by atoms with Crippen molar-refractivity contribution in [3.05, 3.63) is 96.1 Å². The van der Waals surface area contributed by atoms with Crippen molar-refractivity contribution >= 4 is 0 Å². The van der Waals surface area contributed by atoms with E-state index in [1.165, 1.54) is 55.6 Å². The molecule has 0 radical (unpaired) electrons. The minimum Gasteiger partial charge on any atom is -0.0616 e. The molecule has 0 aliphatic heterocycles. The van der Waals surface area contributed by atoms with Crippen LogP contribution in [0.4, 0.5) is 0 Å². The van der Waals surface area contributed by atoms with E-state index in [1.54, 1.807) is 0 Å². The van der Waals surface area contributed by atoms with Crippen LogP contribution in [0.1, 0.15) is 52.7 Å². The summed E-state index contributed by atoms with van der Waals surface area (Å²) < 4.78 is 0. The molecular weight excluding hydrogens is 384 g/mol. The van der Waals surface area contributed by atoms with Gasteiger partial charge in [0, 0.05) is 0 Å². The van der Waals surface area contributed by atoms with Gasteiger partial charge < -0.3 is 0 Å².